The number of rotatable bonds is 4. The molecule has 2 aromatic rings. The molecule has 0 bridgehead atoms. The van der Waals surface area contributed by atoms with Gasteiger partial charge < -0.3 is 5.32 Å². The highest BCUT2D eigenvalue weighted by Crippen LogP contribution is 2.16. The molecule has 0 amide bonds. The van der Waals surface area contributed by atoms with Crippen LogP contribution in [-0.4, -0.2) is 4.98 Å². The molecule has 3 heteroatoms. The highest BCUT2D eigenvalue weighted by Gasteiger charge is 2.05. The van der Waals surface area contributed by atoms with Crippen molar-refractivity contribution < 1.29 is 0 Å². The second kappa shape index (κ2) is 5.98. The van der Waals surface area contributed by atoms with Gasteiger partial charge in [0.1, 0.15) is 0 Å². The molecule has 2 rings (SSSR count). The van der Waals surface area contributed by atoms with Crippen LogP contribution < -0.4 is 5.32 Å². The molecule has 1 aromatic heterocycles. The molecule has 0 aliphatic heterocycles. The number of nitrogens with zero attached hydrogens (tertiary/aromatic N) is 1. The van der Waals surface area contributed by atoms with Crippen molar-refractivity contribution >= 4 is 11.6 Å². The number of aryl methyl sites for hydroxylation is 1. The van der Waals surface area contributed by atoms with E-state index in [1.165, 1.54) is 16.7 Å². The van der Waals surface area contributed by atoms with E-state index in [9.17, 15) is 0 Å². The van der Waals surface area contributed by atoms with E-state index in [1.54, 1.807) is 6.20 Å². The van der Waals surface area contributed by atoms with Crippen LogP contribution in [0.15, 0.2) is 42.7 Å². The van der Waals surface area contributed by atoms with E-state index in [0.29, 0.717) is 0 Å². The smallest absolute Gasteiger partial charge is 0.0408 e. The molecular formula is C15H17ClN2. The number of halogens is 1. The maximum absolute atomic E-state index is 5.95. The summed E-state index contributed by atoms with van der Waals surface area (Å²) in [6.07, 6.45) is 3.69. The van der Waals surface area contributed by atoms with Crippen molar-refractivity contribution in [3.8, 4) is 0 Å². The van der Waals surface area contributed by atoms with Crippen LogP contribution >= 0.6 is 11.6 Å². The third kappa shape index (κ3) is 3.31. The summed E-state index contributed by atoms with van der Waals surface area (Å²) >= 11 is 5.95. The summed E-state index contributed by atoms with van der Waals surface area (Å²) in [4.78, 5) is 4.13. The minimum Gasteiger partial charge on any atom is -0.306 e. The van der Waals surface area contributed by atoms with Crippen molar-refractivity contribution in [3.63, 3.8) is 0 Å². The molecule has 0 fully saturated rings. The van der Waals surface area contributed by atoms with E-state index in [2.05, 4.69) is 36.3 Å². The summed E-state index contributed by atoms with van der Waals surface area (Å²) in [7, 11) is 0. The first kappa shape index (κ1) is 13.1. The average Bonchev–Trinajstić information content (AvgIpc) is 2.38. The van der Waals surface area contributed by atoms with Gasteiger partial charge in [0.15, 0.2) is 0 Å². The Morgan fingerprint density at radius 1 is 1.33 bits per heavy atom. The van der Waals surface area contributed by atoms with Crippen LogP contribution in [0.1, 0.15) is 29.7 Å². The molecule has 0 aliphatic rings. The molecule has 1 unspecified atom stereocenters. The summed E-state index contributed by atoms with van der Waals surface area (Å²) in [6, 6.07) is 10.3. The molecule has 0 saturated carbocycles. The third-order valence-electron chi connectivity index (χ3n) is 3.09. The predicted octanol–water partition coefficient (Wildman–Crippen LogP) is 3.89. The minimum absolute atomic E-state index is 0.286. The van der Waals surface area contributed by atoms with Crippen LogP contribution in [0.4, 0.5) is 0 Å². The zero-order chi connectivity index (χ0) is 13.0. The van der Waals surface area contributed by atoms with Crippen molar-refractivity contribution in [1.82, 2.24) is 10.3 Å². The molecule has 0 spiro atoms. The maximum Gasteiger partial charge on any atom is 0.0408 e. The largest absolute Gasteiger partial charge is 0.306 e. The van der Waals surface area contributed by atoms with Crippen LogP contribution in [0.3, 0.4) is 0 Å². The van der Waals surface area contributed by atoms with Crippen molar-refractivity contribution in [2.75, 3.05) is 0 Å². The number of benzene rings is 1. The van der Waals surface area contributed by atoms with Crippen LogP contribution in [0.5, 0.6) is 0 Å². The molecule has 18 heavy (non-hydrogen) atoms. The highest BCUT2D eigenvalue weighted by molar-refractivity contribution is 6.30. The van der Waals surface area contributed by atoms with Gasteiger partial charge in [-0.15, -0.1) is 0 Å². The molecule has 0 aliphatic carbocycles. The second-order valence-corrected chi connectivity index (χ2v) is 4.90. The molecule has 1 heterocycles. The van der Waals surface area contributed by atoms with Crippen molar-refractivity contribution in [3.05, 3.63) is 64.4 Å². The predicted molar refractivity (Wildman–Crippen MR) is 75.7 cm³/mol. The maximum atomic E-state index is 5.95. The summed E-state index contributed by atoms with van der Waals surface area (Å²) in [5.41, 5.74) is 3.69. The number of aromatic nitrogens is 1. The summed E-state index contributed by atoms with van der Waals surface area (Å²) in [6.45, 7) is 5.05. The fourth-order valence-corrected chi connectivity index (χ4v) is 2.10. The van der Waals surface area contributed by atoms with E-state index in [4.69, 9.17) is 11.6 Å². The lowest BCUT2D eigenvalue weighted by atomic mass is 10.1. The zero-order valence-electron chi connectivity index (χ0n) is 10.7. The van der Waals surface area contributed by atoms with Gasteiger partial charge in [-0.25, -0.2) is 0 Å². The summed E-state index contributed by atoms with van der Waals surface area (Å²) in [5.74, 6) is 0. The standard InChI is InChI=1S/C15H17ClN2/c1-11-8-15(16)6-5-13(11)10-18-12(2)14-4-3-7-17-9-14/h3-9,12,18H,10H2,1-2H3. The van der Waals surface area contributed by atoms with E-state index in [-0.39, 0.29) is 6.04 Å². The first-order valence-corrected chi connectivity index (χ1v) is 6.43. The van der Waals surface area contributed by atoms with Crippen LogP contribution in [0.25, 0.3) is 0 Å². The lowest BCUT2D eigenvalue weighted by molar-refractivity contribution is 0.572. The number of hydrogen-bond donors (Lipinski definition) is 1. The fourth-order valence-electron chi connectivity index (χ4n) is 1.87. The Bertz CT molecular complexity index is 511. The first-order chi connectivity index (χ1) is 8.66. The van der Waals surface area contributed by atoms with Crippen LogP contribution in [0.2, 0.25) is 5.02 Å². The summed E-state index contributed by atoms with van der Waals surface area (Å²) < 4.78 is 0. The van der Waals surface area contributed by atoms with Gasteiger partial charge in [-0.05, 0) is 48.7 Å². The quantitative estimate of drug-likeness (QED) is 0.902. The van der Waals surface area contributed by atoms with Crippen molar-refractivity contribution in [2.45, 2.75) is 26.4 Å². The Morgan fingerprint density at radius 3 is 2.83 bits per heavy atom. The fraction of sp³-hybridized carbons (Fsp3) is 0.267. The Kier molecular flexibility index (Phi) is 4.34. The van der Waals surface area contributed by atoms with Crippen LogP contribution in [-0.2, 0) is 6.54 Å². The van der Waals surface area contributed by atoms with Gasteiger partial charge >= 0.3 is 0 Å². The Hall–Kier alpha value is -1.38. The highest BCUT2D eigenvalue weighted by atomic mass is 35.5. The van der Waals surface area contributed by atoms with E-state index in [1.807, 2.05) is 24.4 Å². The van der Waals surface area contributed by atoms with Gasteiger partial charge in [0.2, 0.25) is 0 Å². The van der Waals surface area contributed by atoms with Gasteiger partial charge in [-0.3, -0.25) is 4.98 Å². The van der Waals surface area contributed by atoms with E-state index >= 15 is 0 Å². The van der Waals surface area contributed by atoms with E-state index < -0.39 is 0 Å². The average molecular weight is 261 g/mol. The van der Waals surface area contributed by atoms with Gasteiger partial charge in [0, 0.05) is 30.0 Å². The monoisotopic (exact) mass is 260 g/mol. The number of nitrogens with one attached hydrogen (secondary N) is 1. The number of hydrogen-bond acceptors (Lipinski definition) is 2. The van der Waals surface area contributed by atoms with Gasteiger partial charge in [-0.2, -0.15) is 0 Å². The Balaban J connectivity index is 1.99. The zero-order valence-corrected chi connectivity index (χ0v) is 11.4. The summed E-state index contributed by atoms with van der Waals surface area (Å²) in [5, 5.41) is 4.28. The molecule has 94 valence electrons. The van der Waals surface area contributed by atoms with Gasteiger partial charge in [0.05, 0.1) is 0 Å². The Morgan fingerprint density at radius 2 is 2.17 bits per heavy atom. The van der Waals surface area contributed by atoms with Crippen molar-refractivity contribution in [2.24, 2.45) is 0 Å². The molecule has 0 radical (unpaired) electrons. The van der Waals surface area contributed by atoms with Gasteiger partial charge in [-0.1, -0.05) is 23.7 Å². The molecule has 2 nitrogen and oxygen atoms in total. The first-order valence-electron chi connectivity index (χ1n) is 6.05. The Labute approximate surface area is 113 Å². The van der Waals surface area contributed by atoms with E-state index in [0.717, 1.165) is 11.6 Å². The second-order valence-electron chi connectivity index (χ2n) is 4.46. The number of pyridine rings is 1. The topological polar surface area (TPSA) is 24.9 Å². The molecular weight excluding hydrogens is 244 g/mol. The minimum atomic E-state index is 0.286. The lowest BCUT2D eigenvalue weighted by Gasteiger charge is -2.15. The molecule has 1 atom stereocenters. The molecule has 1 N–H and O–H groups in total. The van der Waals surface area contributed by atoms with Gasteiger partial charge in [0.25, 0.3) is 0 Å². The SMILES string of the molecule is Cc1cc(Cl)ccc1CNC(C)c1cccnc1. The normalized spacial score (nSPS) is 12.4. The molecule has 1 aromatic carbocycles. The lowest BCUT2D eigenvalue weighted by Crippen LogP contribution is -2.18. The van der Waals surface area contributed by atoms with Crippen LogP contribution in [0, 0.1) is 6.92 Å². The third-order valence-corrected chi connectivity index (χ3v) is 3.32. The van der Waals surface area contributed by atoms with Crippen molar-refractivity contribution in [1.29, 1.82) is 0 Å². The molecule has 0 saturated heterocycles.